The Morgan fingerprint density at radius 1 is 1.20 bits per heavy atom. The molecular formula is C15H11ClN2O2. The molecule has 1 aliphatic heterocycles. The van der Waals surface area contributed by atoms with Crippen LogP contribution >= 0.6 is 11.6 Å². The second-order valence-electron chi connectivity index (χ2n) is 4.09. The van der Waals surface area contributed by atoms with Crippen molar-refractivity contribution in [1.29, 1.82) is 0 Å². The number of nitrogens with one attached hydrogen (secondary N) is 1. The van der Waals surface area contributed by atoms with Gasteiger partial charge in [0.25, 0.3) is 0 Å². The Hall–Kier alpha value is -2.33. The minimum absolute atomic E-state index is 0.141. The predicted octanol–water partition coefficient (Wildman–Crippen LogP) is 3.35. The first-order chi connectivity index (χ1) is 11.7. The van der Waals surface area contributed by atoms with Crippen LogP contribution in [-0.2, 0) is 9.59 Å². The molecule has 1 N–H and O–H groups in total. The van der Waals surface area contributed by atoms with E-state index >= 15 is 0 Å². The zero-order chi connectivity index (χ0) is 18.5. The fourth-order valence-corrected chi connectivity index (χ4v) is 2.11. The molecule has 0 unspecified atom stereocenters. The van der Waals surface area contributed by atoms with Crippen molar-refractivity contribution in [3.05, 3.63) is 53.4 Å². The predicted molar refractivity (Wildman–Crippen MR) is 78.3 cm³/mol. The molecule has 100 valence electrons. The van der Waals surface area contributed by atoms with Crippen LogP contribution in [0.1, 0.15) is 13.3 Å². The highest BCUT2D eigenvalue weighted by Crippen LogP contribution is 2.36. The van der Waals surface area contributed by atoms with Gasteiger partial charge in [0.05, 0.1) is 18.2 Å². The van der Waals surface area contributed by atoms with Crippen LogP contribution < -0.4 is 10.2 Å². The van der Waals surface area contributed by atoms with Crippen LogP contribution in [0.25, 0.3) is 0 Å². The lowest BCUT2D eigenvalue weighted by Crippen LogP contribution is -2.26. The van der Waals surface area contributed by atoms with Gasteiger partial charge in [0.15, 0.2) is 0 Å². The van der Waals surface area contributed by atoms with E-state index in [1.807, 2.05) is 0 Å². The number of fused-ring (bicyclic) bond motifs is 1. The third-order valence-corrected chi connectivity index (χ3v) is 2.98. The van der Waals surface area contributed by atoms with Crippen LogP contribution in [0.4, 0.5) is 17.1 Å². The number of anilines is 3. The number of hydrogen-bond acceptors (Lipinski definition) is 2. The van der Waals surface area contributed by atoms with Crippen molar-refractivity contribution in [2.24, 2.45) is 0 Å². The van der Waals surface area contributed by atoms with E-state index in [9.17, 15) is 9.59 Å². The van der Waals surface area contributed by atoms with Gasteiger partial charge in [-0.2, -0.15) is 0 Å². The Balaban J connectivity index is 2.36. The van der Waals surface area contributed by atoms with Crippen molar-refractivity contribution < 1.29 is 16.4 Å². The number of carbonyl (C=O) groups excluding carboxylic acids is 2. The number of carbonyl (C=O) groups is 2. The smallest absolute Gasteiger partial charge is 0.241 e. The molecule has 4 nitrogen and oxygen atoms in total. The normalized spacial score (nSPS) is 18.1. The molecule has 0 fully saturated rings. The first-order valence-electron chi connectivity index (χ1n) is 8.21. The molecule has 0 saturated heterocycles. The van der Waals surface area contributed by atoms with Crippen LogP contribution in [0.2, 0.25) is 5.02 Å². The topological polar surface area (TPSA) is 49.4 Å². The molecular weight excluding hydrogens is 276 g/mol. The number of amides is 2. The Bertz CT molecular complexity index is 906. The van der Waals surface area contributed by atoms with Crippen molar-refractivity contribution in [3.8, 4) is 0 Å². The molecule has 2 aromatic carbocycles. The van der Waals surface area contributed by atoms with Crippen LogP contribution in [0.5, 0.6) is 0 Å². The van der Waals surface area contributed by atoms with E-state index in [0.717, 1.165) is 4.90 Å². The lowest BCUT2D eigenvalue weighted by Gasteiger charge is -2.22. The van der Waals surface area contributed by atoms with E-state index in [0.29, 0.717) is 0 Å². The van der Waals surface area contributed by atoms with Crippen molar-refractivity contribution >= 4 is 40.5 Å². The molecule has 0 radical (unpaired) electrons. The number of nitrogens with zero attached hydrogens (tertiary/aromatic N) is 1. The van der Waals surface area contributed by atoms with Crippen LogP contribution in [0, 0.1) is 0 Å². The van der Waals surface area contributed by atoms with Gasteiger partial charge in [0.1, 0.15) is 6.42 Å². The summed E-state index contributed by atoms with van der Waals surface area (Å²) in [5.41, 5.74) is 0.0740. The molecule has 0 bridgehead atoms. The van der Waals surface area contributed by atoms with E-state index in [1.165, 1.54) is 18.2 Å². The Labute approximate surface area is 128 Å². The van der Waals surface area contributed by atoms with Gasteiger partial charge in [0, 0.05) is 10.7 Å². The van der Waals surface area contributed by atoms with Gasteiger partial charge in [-0.1, -0.05) is 29.7 Å². The first-order valence-corrected chi connectivity index (χ1v) is 6.09. The largest absolute Gasteiger partial charge is 0.324 e. The maximum Gasteiger partial charge on any atom is 0.241 e. The van der Waals surface area contributed by atoms with Crippen molar-refractivity contribution in [2.75, 3.05) is 10.2 Å². The summed E-state index contributed by atoms with van der Waals surface area (Å²) in [6.07, 6.45) is -0.533. The van der Waals surface area contributed by atoms with E-state index in [2.05, 4.69) is 5.32 Å². The summed E-state index contributed by atoms with van der Waals surface area (Å²) in [7, 11) is 0. The monoisotopic (exact) mass is 291 g/mol. The summed E-state index contributed by atoms with van der Waals surface area (Å²) >= 11 is 5.99. The number of rotatable bonds is 1. The number of hydrogen-bond donors (Lipinski definition) is 1. The molecule has 0 atom stereocenters. The molecule has 20 heavy (non-hydrogen) atoms. The molecule has 0 saturated carbocycles. The quantitative estimate of drug-likeness (QED) is 0.819. The summed E-state index contributed by atoms with van der Waals surface area (Å²) in [4.78, 5) is 25.4. The molecule has 0 spiro atoms. The zero-order valence-electron chi connectivity index (χ0n) is 15.1. The van der Waals surface area contributed by atoms with Crippen molar-refractivity contribution in [1.82, 2.24) is 0 Å². The van der Waals surface area contributed by atoms with Gasteiger partial charge in [-0.3, -0.25) is 14.5 Å². The maximum atomic E-state index is 12.6. The Morgan fingerprint density at radius 3 is 2.70 bits per heavy atom. The van der Waals surface area contributed by atoms with Crippen LogP contribution in [-0.4, -0.2) is 11.8 Å². The average Bonchev–Trinajstić information content (AvgIpc) is 2.67. The van der Waals surface area contributed by atoms with E-state index in [4.69, 9.17) is 18.5 Å². The summed E-state index contributed by atoms with van der Waals surface area (Å²) < 4.78 is 39.4. The van der Waals surface area contributed by atoms with Crippen molar-refractivity contribution in [3.63, 3.8) is 0 Å². The summed E-state index contributed by atoms with van der Waals surface area (Å²) in [5.74, 6) is -1.29. The molecule has 1 aliphatic rings. The standard InChI is InChI=1S/C15H11ClN2O2/c16-10-6-7-12-13(8-10)18(11-4-2-1-3-5-11)15(20)9-14(19)17-12/h1-8H,9H2,(H,17,19)/i1D,2D,3D,4D,5D. The van der Waals surface area contributed by atoms with E-state index in [-0.39, 0.29) is 22.1 Å². The van der Waals surface area contributed by atoms with Gasteiger partial charge < -0.3 is 5.32 Å². The Morgan fingerprint density at radius 2 is 1.95 bits per heavy atom. The van der Waals surface area contributed by atoms with Gasteiger partial charge in [-0.05, 0) is 30.3 Å². The number of para-hydroxylation sites is 1. The molecule has 2 aromatic rings. The highest BCUT2D eigenvalue weighted by atomic mass is 35.5. The van der Waals surface area contributed by atoms with E-state index < -0.39 is 48.4 Å². The lowest BCUT2D eigenvalue weighted by atomic mass is 10.2. The SMILES string of the molecule is [2H]c1c([2H])c([2H])c(N2C(=O)CC(=O)Nc3ccc(Cl)cc32)c([2H])c1[2H]. The zero-order valence-corrected chi connectivity index (χ0v) is 10.8. The number of halogens is 1. The fourth-order valence-electron chi connectivity index (χ4n) is 1.94. The van der Waals surface area contributed by atoms with Gasteiger partial charge >= 0.3 is 0 Å². The number of benzene rings is 2. The maximum absolute atomic E-state index is 12.6. The molecule has 0 aromatic heterocycles. The highest BCUT2D eigenvalue weighted by Gasteiger charge is 2.27. The summed E-state index contributed by atoms with van der Waals surface area (Å²) in [6, 6.07) is 1.58. The summed E-state index contributed by atoms with van der Waals surface area (Å²) in [6.45, 7) is 0. The van der Waals surface area contributed by atoms with Crippen LogP contribution in [0.3, 0.4) is 0 Å². The molecule has 1 heterocycles. The average molecular weight is 292 g/mol. The second kappa shape index (κ2) is 4.98. The third-order valence-electron chi connectivity index (χ3n) is 2.75. The Kier molecular flexibility index (Phi) is 2.01. The van der Waals surface area contributed by atoms with Crippen molar-refractivity contribution in [2.45, 2.75) is 6.42 Å². The second-order valence-corrected chi connectivity index (χ2v) is 4.53. The lowest BCUT2D eigenvalue weighted by molar-refractivity contribution is -0.124. The third kappa shape index (κ3) is 2.26. The fraction of sp³-hybridized carbons (Fsp3) is 0.0667. The first kappa shape index (κ1) is 8.07. The summed E-state index contributed by atoms with van der Waals surface area (Å²) in [5, 5.41) is 2.81. The van der Waals surface area contributed by atoms with Crippen LogP contribution in [0.15, 0.2) is 48.4 Å². The molecule has 5 heteroatoms. The van der Waals surface area contributed by atoms with Gasteiger partial charge in [-0.15, -0.1) is 0 Å². The van der Waals surface area contributed by atoms with Gasteiger partial charge in [-0.25, -0.2) is 0 Å². The van der Waals surface area contributed by atoms with E-state index in [1.54, 1.807) is 0 Å². The molecule has 2 amide bonds. The highest BCUT2D eigenvalue weighted by molar-refractivity contribution is 6.31. The molecule has 3 rings (SSSR count). The van der Waals surface area contributed by atoms with Gasteiger partial charge in [0.2, 0.25) is 11.8 Å². The molecule has 0 aliphatic carbocycles. The minimum atomic E-state index is -0.725. The minimum Gasteiger partial charge on any atom is -0.324 e.